The lowest BCUT2D eigenvalue weighted by Gasteiger charge is -2.40. The van der Waals surface area contributed by atoms with Crippen molar-refractivity contribution in [2.75, 3.05) is 14.1 Å². The summed E-state index contributed by atoms with van der Waals surface area (Å²) < 4.78 is 6.49. The van der Waals surface area contributed by atoms with E-state index in [1.54, 1.807) is 0 Å². The molecule has 1 aliphatic carbocycles. The molecule has 3 rings (SSSR count). The minimum Gasteiger partial charge on any atom is -0.373 e. The van der Waals surface area contributed by atoms with E-state index in [0.717, 1.165) is 6.61 Å². The molecule has 2 heteroatoms. The average Bonchev–Trinajstić information content (AvgIpc) is 2.63. The van der Waals surface area contributed by atoms with Crippen molar-refractivity contribution < 1.29 is 4.74 Å². The van der Waals surface area contributed by atoms with Crippen LogP contribution in [0.2, 0.25) is 0 Å². The van der Waals surface area contributed by atoms with Gasteiger partial charge in [-0.3, -0.25) is 0 Å². The summed E-state index contributed by atoms with van der Waals surface area (Å²) >= 11 is 0. The molecule has 0 bridgehead atoms. The molecule has 25 heavy (non-hydrogen) atoms. The van der Waals surface area contributed by atoms with Crippen molar-refractivity contribution in [3.8, 4) is 0 Å². The van der Waals surface area contributed by atoms with E-state index in [-0.39, 0.29) is 0 Å². The largest absolute Gasteiger partial charge is 0.373 e. The zero-order valence-corrected chi connectivity index (χ0v) is 15.8. The van der Waals surface area contributed by atoms with Crippen LogP contribution in [0.4, 0.5) is 0 Å². The molecule has 1 saturated carbocycles. The highest BCUT2D eigenvalue weighted by atomic mass is 16.5. The Hall–Kier alpha value is -1.64. The zero-order valence-electron chi connectivity index (χ0n) is 15.8. The summed E-state index contributed by atoms with van der Waals surface area (Å²) in [5, 5.41) is 0. The Morgan fingerprint density at radius 2 is 1.64 bits per heavy atom. The fraction of sp³-hybridized carbons (Fsp3) is 0.478. The van der Waals surface area contributed by atoms with Crippen molar-refractivity contribution in [2.45, 2.75) is 51.4 Å². The van der Waals surface area contributed by atoms with Gasteiger partial charge in [0.15, 0.2) is 0 Å². The van der Waals surface area contributed by atoms with Crippen LogP contribution in [0.5, 0.6) is 0 Å². The quantitative estimate of drug-likeness (QED) is 0.702. The lowest BCUT2D eigenvalue weighted by atomic mass is 9.78. The standard InChI is InChI=1S/C23H31NO/c1-18-11-7-8-14-20(18)17-25-22-16-10-9-15-21(22)23(24(2)3)19-12-5-4-6-13-19/h4-8,11-14,21-23H,9-10,15-17H2,1-3H3. The third-order valence-electron chi connectivity index (χ3n) is 5.57. The van der Waals surface area contributed by atoms with Gasteiger partial charge < -0.3 is 9.64 Å². The van der Waals surface area contributed by atoms with E-state index in [1.165, 1.54) is 42.4 Å². The maximum Gasteiger partial charge on any atom is 0.0723 e. The monoisotopic (exact) mass is 337 g/mol. The van der Waals surface area contributed by atoms with Crippen LogP contribution in [0.3, 0.4) is 0 Å². The molecule has 134 valence electrons. The third kappa shape index (κ3) is 4.50. The lowest BCUT2D eigenvalue weighted by Crippen LogP contribution is -2.38. The summed E-state index contributed by atoms with van der Waals surface area (Å²) in [7, 11) is 4.40. The molecule has 1 aliphatic rings. The molecule has 3 atom stereocenters. The van der Waals surface area contributed by atoms with Crippen LogP contribution in [-0.4, -0.2) is 25.1 Å². The predicted molar refractivity (Wildman–Crippen MR) is 105 cm³/mol. The number of rotatable bonds is 6. The van der Waals surface area contributed by atoms with E-state index < -0.39 is 0 Å². The molecule has 2 aromatic carbocycles. The number of ether oxygens (including phenoxy) is 1. The maximum atomic E-state index is 6.49. The Labute approximate surface area is 152 Å². The van der Waals surface area contributed by atoms with Crippen molar-refractivity contribution in [1.82, 2.24) is 4.90 Å². The second-order valence-electron chi connectivity index (χ2n) is 7.54. The van der Waals surface area contributed by atoms with Gasteiger partial charge in [0.2, 0.25) is 0 Å². The Kier molecular flexibility index (Phi) is 6.28. The van der Waals surface area contributed by atoms with Crippen LogP contribution < -0.4 is 0 Å². The van der Waals surface area contributed by atoms with Gasteiger partial charge in [-0.05, 0) is 50.6 Å². The molecule has 3 unspecified atom stereocenters. The van der Waals surface area contributed by atoms with Gasteiger partial charge >= 0.3 is 0 Å². The van der Waals surface area contributed by atoms with Crippen molar-refractivity contribution in [1.29, 1.82) is 0 Å². The highest BCUT2D eigenvalue weighted by molar-refractivity contribution is 5.25. The molecular weight excluding hydrogens is 306 g/mol. The van der Waals surface area contributed by atoms with E-state index in [2.05, 4.69) is 80.5 Å². The van der Waals surface area contributed by atoms with Gasteiger partial charge in [0.05, 0.1) is 12.7 Å². The molecule has 0 aliphatic heterocycles. The Morgan fingerprint density at radius 3 is 2.36 bits per heavy atom. The minimum absolute atomic E-state index is 0.334. The first kappa shape index (κ1) is 18.2. The number of hydrogen-bond donors (Lipinski definition) is 0. The highest BCUT2D eigenvalue weighted by Crippen LogP contribution is 2.39. The molecule has 1 fully saturated rings. The Morgan fingerprint density at radius 1 is 0.960 bits per heavy atom. The molecule has 0 N–H and O–H groups in total. The van der Waals surface area contributed by atoms with Gasteiger partial charge in [0.1, 0.15) is 0 Å². The van der Waals surface area contributed by atoms with Crippen molar-refractivity contribution in [2.24, 2.45) is 5.92 Å². The smallest absolute Gasteiger partial charge is 0.0723 e. The van der Waals surface area contributed by atoms with Crippen molar-refractivity contribution in [3.63, 3.8) is 0 Å². The van der Waals surface area contributed by atoms with E-state index in [9.17, 15) is 0 Å². The topological polar surface area (TPSA) is 12.5 Å². The predicted octanol–water partition coefficient (Wildman–Crippen LogP) is 5.37. The van der Waals surface area contributed by atoms with Gasteiger partial charge in [-0.1, -0.05) is 67.4 Å². The normalized spacial score (nSPS) is 22.1. The van der Waals surface area contributed by atoms with Crippen LogP contribution in [-0.2, 0) is 11.3 Å². The van der Waals surface area contributed by atoms with Crippen LogP contribution in [0, 0.1) is 12.8 Å². The third-order valence-corrected chi connectivity index (χ3v) is 5.57. The number of nitrogens with zero attached hydrogens (tertiary/aromatic N) is 1. The Balaban J connectivity index is 1.76. The summed E-state index contributed by atoms with van der Waals surface area (Å²) in [6, 6.07) is 19.9. The van der Waals surface area contributed by atoms with Crippen LogP contribution in [0.25, 0.3) is 0 Å². The van der Waals surface area contributed by atoms with E-state index in [1.807, 2.05) is 0 Å². The fourth-order valence-electron chi connectivity index (χ4n) is 4.24. The number of hydrogen-bond acceptors (Lipinski definition) is 2. The first-order valence-corrected chi connectivity index (χ1v) is 9.54. The fourth-order valence-corrected chi connectivity index (χ4v) is 4.24. The van der Waals surface area contributed by atoms with E-state index in [4.69, 9.17) is 4.74 Å². The van der Waals surface area contributed by atoms with Crippen molar-refractivity contribution >= 4 is 0 Å². The zero-order chi connectivity index (χ0) is 17.6. The molecule has 0 radical (unpaired) electrons. The van der Waals surface area contributed by atoms with Gasteiger partial charge in [-0.15, -0.1) is 0 Å². The lowest BCUT2D eigenvalue weighted by molar-refractivity contribution is -0.0465. The minimum atomic E-state index is 0.334. The van der Waals surface area contributed by atoms with Crippen LogP contribution >= 0.6 is 0 Å². The van der Waals surface area contributed by atoms with Crippen LogP contribution in [0.15, 0.2) is 54.6 Å². The summed E-state index contributed by atoms with van der Waals surface area (Å²) in [5.74, 6) is 0.551. The molecule has 0 saturated heterocycles. The first-order chi connectivity index (χ1) is 12.2. The van der Waals surface area contributed by atoms with Gasteiger partial charge in [0, 0.05) is 12.0 Å². The van der Waals surface area contributed by atoms with Gasteiger partial charge in [0.25, 0.3) is 0 Å². The molecule has 0 spiro atoms. The molecule has 0 heterocycles. The molecule has 2 aromatic rings. The van der Waals surface area contributed by atoms with Crippen LogP contribution in [0.1, 0.15) is 48.4 Å². The first-order valence-electron chi connectivity index (χ1n) is 9.54. The number of aryl methyl sites for hydroxylation is 1. The molecule has 0 amide bonds. The second kappa shape index (κ2) is 8.64. The van der Waals surface area contributed by atoms with Gasteiger partial charge in [-0.2, -0.15) is 0 Å². The average molecular weight is 338 g/mol. The van der Waals surface area contributed by atoms with E-state index in [0.29, 0.717) is 18.1 Å². The summed E-state index contributed by atoms with van der Waals surface area (Å²) in [6.45, 7) is 2.90. The van der Waals surface area contributed by atoms with E-state index >= 15 is 0 Å². The summed E-state index contributed by atoms with van der Waals surface area (Å²) in [4.78, 5) is 2.37. The maximum absolute atomic E-state index is 6.49. The summed E-state index contributed by atoms with van der Waals surface area (Å²) in [6.07, 6.45) is 5.35. The second-order valence-corrected chi connectivity index (χ2v) is 7.54. The number of benzene rings is 2. The molecular formula is C23H31NO. The molecule has 0 aromatic heterocycles. The van der Waals surface area contributed by atoms with Gasteiger partial charge in [-0.25, -0.2) is 0 Å². The van der Waals surface area contributed by atoms with Crippen molar-refractivity contribution in [3.05, 3.63) is 71.3 Å². The SMILES string of the molecule is Cc1ccccc1COC1CCCCC1C(c1ccccc1)N(C)C. The molecule has 2 nitrogen and oxygen atoms in total. The highest BCUT2D eigenvalue weighted by Gasteiger charge is 2.34. The Bertz CT molecular complexity index is 652. The summed E-state index contributed by atoms with van der Waals surface area (Å²) in [5.41, 5.74) is 4.04.